The van der Waals surface area contributed by atoms with E-state index in [1.165, 1.54) is 5.56 Å². The molecule has 152 valence electrons. The zero-order chi connectivity index (χ0) is 20.5. The summed E-state index contributed by atoms with van der Waals surface area (Å²) >= 11 is 3.46. The Bertz CT molecular complexity index is 791. The minimum Gasteiger partial charge on any atom is -0.493 e. The highest BCUT2D eigenvalue weighted by Crippen LogP contribution is 2.36. The number of ether oxygens (including phenoxy) is 2. The van der Waals surface area contributed by atoms with Gasteiger partial charge < -0.3 is 14.8 Å². The van der Waals surface area contributed by atoms with Crippen LogP contribution in [0.1, 0.15) is 42.3 Å². The van der Waals surface area contributed by atoms with Crippen molar-refractivity contribution in [2.75, 3.05) is 26.8 Å². The van der Waals surface area contributed by atoms with Crippen LogP contribution in [0.3, 0.4) is 0 Å². The lowest BCUT2D eigenvalue weighted by atomic mass is 10.1. The maximum atomic E-state index is 12.6. The maximum Gasteiger partial charge on any atom is 0.251 e. The Balaban J connectivity index is 2.07. The average molecular weight is 449 g/mol. The molecule has 1 N–H and O–H groups in total. The number of rotatable bonds is 10. The molecule has 0 unspecified atom stereocenters. The predicted octanol–water partition coefficient (Wildman–Crippen LogP) is 4.63. The van der Waals surface area contributed by atoms with E-state index in [1.807, 2.05) is 19.1 Å². The fraction of sp³-hybridized carbons (Fsp3) is 0.409. The Labute approximate surface area is 176 Å². The molecule has 0 radical (unpaired) electrons. The van der Waals surface area contributed by atoms with Crippen LogP contribution in [0.2, 0.25) is 0 Å². The van der Waals surface area contributed by atoms with Crippen LogP contribution in [0, 0.1) is 0 Å². The lowest BCUT2D eigenvalue weighted by Gasteiger charge is -2.18. The summed E-state index contributed by atoms with van der Waals surface area (Å²) in [5.74, 6) is 0.976. The molecule has 0 saturated heterocycles. The van der Waals surface area contributed by atoms with Gasteiger partial charge in [-0.1, -0.05) is 38.1 Å². The van der Waals surface area contributed by atoms with Gasteiger partial charge in [-0.3, -0.25) is 9.69 Å². The number of nitrogens with zero attached hydrogens (tertiary/aromatic N) is 1. The summed E-state index contributed by atoms with van der Waals surface area (Å²) < 4.78 is 11.6. The largest absolute Gasteiger partial charge is 0.493 e. The number of benzene rings is 2. The van der Waals surface area contributed by atoms with E-state index in [9.17, 15) is 4.79 Å². The molecular weight excluding hydrogens is 420 g/mol. The Hall–Kier alpha value is -2.05. The molecule has 0 saturated carbocycles. The molecule has 0 bridgehead atoms. The van der Waals surface area contributed by atoms with Crippen molar-refractivity contribution in [2.24, 2.45) is 0 Å². The van der Waals surface area contributed by atoms with E-state index in [4.69, 9.17) is 9.47 Å². The number of methoxy groups -OCH3 is 1. The van der Waals surface area contributed by atoms with Gasteiger partial charge in [0, 0.05) is 18.7 Å². The summed E-state index contributed by atoms with van der Waals surface area (Å²) in [5, 5.41) is 2.98. The molecule has 5 nitrogen and oxygen atoms in total. The van der Waals surface area contributed by atoms with Crippen LogP contribution in [-0.2, 0) is 13.1 Å². The summed E-state index contributed by atoms with van der Waals surface area (Å²) in [6, 6.07) is 11.8. The number of halogens is 1. The van der Waals surface area contributed by atoms with Gasteiger partial charge in [-0.2, -0.15) is 0 Å². The van der Waals surface area contributed by atoms with Crippen LogP contribution in [0.4, 0.5) is 0 Å². The third-order valence-electron chi connectivity index (χ3n) is 4.53. The van der Waals surface area contributed by atoms with Crippen LogP contribution in [-0.4, -0.2) is 37.6 Å². The Morgan fingerprint density at radius 3 is 2.46 bits per heavy atom. The first kappa shape index (κ1) is 22.2. The fourth-order valence-electron chi connectivity index (χ4n) is 2.96. The highest BCUT2D eigenvalue weighted by atomic mass is 79.9. The number of amides is 1. The molecule has 0 atom stereocenters. The van der Waals surface area contributed by atoms with Gasteiger partial charge in [-0.05, 0) is 59.2 Å². The number of nitrogens with one attached hydrogen (secondary N) is 1. The van der Waals surface area contributed by atoms with Crippen LogP contribution in [0.5, 0.6) is 11.5 Å². The second-order valence-electron chi connectivity index (χ2n) is 6.39. The van der Waals surface area contributed by atoms with Crippen molar-refractivity contribution in [1.29, 1.82) is 0 Å². The molecule has 0 spiro atoms. The van der Waals surface area contributed by atoms with Crippen molar-refractivity contribution in [3.8, 4) is 11.5 Å². The maximum absolute atomic E-state index is 12.6. The second kappa shape index (κ2) is 11.1. The number of hydrogen-bond donors (Lipinski definition) is 1. The predicted molar refractivity (Wildman–Crippen MR) is 116 cm³/mol. The molecular formula is C22H29BrN2O3. The fourth-order valence-corrected chi connectivity index (χ4v) is 3.52. The van der Waals surface area contributed by atoms with Crippen molar-refractivity contribution >= 4 is 21.8 Å². The summed E-state index contributed by atoms with van der Waals surface area (Å²) in [4.78, 5) is 15.0. The number of carbonyl (C=O) groups excluding carboxylic acids is 1. The van der Waals surface area contributed by atoms with E-state index in [-0.39, 0.29) is 5.91 Å². The number of hydrogen-bond acceptors (Lipinski definition) is 4. The first-order valence-electron chi connectivity index (χ1n) is 9.61. The van der Waals surface area contributed by atoms with Crippen LogP contribution in [0.15, 0.2) is 40.9 Å². The Morgan fingerprint density at radius 1 is 1.11 bits per heavy atom. The van der Waals surface area contributed by atoms with Gasteiger partial charge >= 0.3 is 0 Å². The van der Waals surface area contributed by atoms with E-state index in [0.29, 0.717) is 34.7 Å². The molecule has 0 fully saturated rings. The quantitative estimate of drug-likeness (QED) is 0.575. The summed E-state index contributed by atoms with van der Waals surface area (Å²) in [5.41, 5.74) is 2.85. The summed E-state index contributed by atoms with van der Waals surface area (Å²) in [6.45, 7) is 10.2. The SMILES string of the molecule is CCOc1c(Br)cc(C(=O)NCc2cccc(CN(CC)CC)c2)cc1OC. The minimum atomic E-state index is -0.156. The van der Waals surface area contributed by atoms with Gasteiger partial charge in [0.1, 0.15) is 0 Å². The van der Waals surface area contributed by atoms with Crippen LogP contribution >= 0.6 is 15.9 Å². The zero-order valence-corrected chi connectivity index (χ0v) is 18.6. The number of carbonyl (C=O) groups is 1. The third-order valence-corrected chi connectivity index (χ3v) is 5.11. The van der Waals surface area contributed by atoms with Gasteiger partial charge in [0.2, 0.25) is 0 Å². The van der Waals surface area contributed by atoms with Crippen LogP contribution < -0.4 is 14.8 Å². The van der Waals surface area contributed by atoms with E-state index in [1.54, 1.807) is 19.2 Å². The van der Waals surface area contributed by atoms with Gasteiger partial charge in [0.25, 0.3) is 5.91 Å². The normalized spacial score (nSPS) is 10.8. The highest BCUT2D eigenvalue weighted by Gasteiger charge is 2.15. The van der Waals surface area contributed by atoms with Crippen molar-refractivity contribution < 1.29 is 14.3 Å². The van der Waals surface area contributed by atoms with Crippen molar-refractivity contribution in [2.45, 2.75) is 33.9 Å². The van der Waals surface area contributed by atoms with E-state index in [2.05, 4.69) is 52.1 Å². The molecule has 0 aliphatic carbocycles. The minimum absolute atomic E-state index is 0.156. The molecule has 0 aliphatic rings. The zero-order valence-electron chi connectivity index (χ0n) is 17.0. The molecule has 0 aliphatic heterocycles. The van der Waals surface area contributed by atoms with Gasteiger partial charge in [0.15, 0.2) is 11.5 Å². The van der Waals surface area contributed by atoms with Crippen LogP contribution in [0.25, 0.3) is 0 Å². The van der Waals surface area contributed by atoms with Crippen molar-refractivity contribution in [3.05, 3.63) is 57.6 Å². The lowest BCUT2D eigenvalue weighted by molar-refractivity contribution is 0.0950. The molecule has 2 aromatic carbocycles. The second-order valence-corrected chi connectivity index (χ2v) is 7.24. The average Bonchev–Trinajstić information content (AvgIpc) is 2.71. The van der Waals surface area contributed by atoms with Crippen molar-refractivity contribution in [1.82, 2.24) is 10.2 Å². The van der Waals surface area contributed by atoms with E-state index < -0.39 is 0 Å². The molecule has 28 heavy (non-hydrogen) atoms. The third kappa shape index (κ3) is 5.97. The topological polar surface area (TPSA) is 50.8 Å². The molecule has 2 rings (SSSR count). The Morgan fingerprint density at radius 2 is 1.82 bits per heavy atom. The first-order valence-corrected chi connectivity index (χ1v) is 10.4. The van der Waals surface area contributed by atoms with Gasteiger partial charge in [0.05, 0.1) is 18.2 Å². The molecule has 0 heterocycles. The molecule has 1 amide bonds. The molecule has 2 aromatic rings. The first-order chi connectivity index (χ1) is 13.5. The lowest BCUT2D eigenvalue weighted by Crippen LogP contribution is -2.24. The van der Waals surface area contributed by atoms with Crippen molar-refractivity contribution in [3.63, 3.8) is 0 Å². The van der Waals surface area contributed by atoms with Gasteiger partial charge in [-0.15, -0.1) is 0 Å². The summed E-state index contributed by atoms with van der Waals surface area (Å²) in [7, 11) is 1.56. The van der Waals surface area contributed by atoms with Gasteiger partial charge in [-0.25, -0.2) is 0 Å². The Kier molecular flexibility index (Phi) is 8.80. The van der Waals surface area contributed by atoms with E-state index >= 15 is 0 Å². The summed E-state index contributed by atoms with van der Waals surface area (Å²) in [6.07, 6.45) is 0. The molecule has 6 heteroatoms. The standard InChI is InChI=1S/C22H29BrN2O3/c1-5-25(6-2)15-17-10-8-9-16(11-17)14-24-22(26)18-12-19(23)21(28-7-3)20(13-18)27-4/h8-13H,5-7,14-15H2,1-4H3,(H,24,26). The highest BCUT2D eigenvalue weighted by molar-refractivity contribution is 9.10. The monoisotopic (exact) mass is 448 g/mol. The molecule has 0 aromatic heterocycles. The smallest absolute Gasteiger partial charge is 0.251 e. The van der Waals surface area contributed by atoms with E-state index in [0.717, 1.165) is 25.2 Å².